The first-order chi connectivity index (χ1) is 35.5. The van der Waals surface area contributed by atoms with Crippen LogP contribution >= 0.6 is 0 Å². The Kier molecular flexibility index (Phi) is 59.2. The molecular formula is C66H122O6. The highest BCUT2D eigenvalue weighted by Crippen LogP contribution is 2.18. The second-order valence-corrected chi connectivity index (χ2v) is 21.7. The maximum absolute atomic E-state index is 12.8. The molecular weight excluding hydrogens is 889 g/mol. The van der Waals surface area contributed by atoms with Gasteiger partial charge in [-0.25, -0.2) is 0 Å². The van der Waals surface area contributed by atoms with E-state index in [0.717, 1.165) is 89.9 Å². The first kappa shape index (κ1) is 69.6. The molecule has 0 aromatic heterocycles. The summed E-state index contributed by atoms with van der Waals surface area (Å²) in [6, 6.07) is 0. The van der Waals surface area contributed by atoms with Gasteiger partial charge in [-0.15, -0.1) is 0 Å². The molecule has 0 aliphatic carbocycles. The van der Waals surface area contributed by atoms with Gasteiger partial charge in [0.15, 0.2) is 6.10 Å². The molecule has 1 unspecified atom stereocenters. The Balaban J connectivity index is 4.14. The van der Waals surface area contributed by atoms with Gasteiger partial charge in [-0.05, 0) is 70.6 Å². The Hall–Kier alpha value is -2.37. The number of esters is 3. The van der Waals surface area contributed by atoms with Crippen molar-refractivity contribution < 1.29 is 28.6 Å². The lowest BCUT2D eigenvalue weighted by atomic mass is 10.0. The summed E-state index contributed by atoms with van der Waals surface area (Å²) in [5.74, 6) is -0.882. The molecule has 0 aromatic rings. The van der Waals surface area contributed by atoms with Gasteiger partial charge in [0.2, 0.25) is 0 Å². The lowest BCUT2D eigenvalue weighted by Gasteiger charge is -2.18. The number of unbranched alkanes of at least 4 members (excludes halogenated alkanes) is 42. The van der Waals surface area contributed by atoms with Crippen LogP contribution < -0.4 is 0 Å². The summed E-state index contributed by atoms with van der Waals surface area (Å²) in [7, 11) is 0. The van der Waals surface area contributed by atoms with Gasteiger partial charge in [0, 0.05) is 19.3 Å². The normalized spacial score (nSPS) is 12.2. The van der Waals surface area contributed by atoms with Crippen LogP contribution in [0.2, 0.25) is 0 Å². The molecule has 1 atom stereocenters. The zero-order valence-electron chi connectivity index (χ0n) is 48.5. The summed E-state index contributed by atoms with van der Waals surface area (Å²) in [5.41, 5.74) is 0. The number of carbonyl (C=O) groups is 3. The molecule has 0 saturated heterocycles. The molecule has 0 spiro atoms. The van der Waals surface area contributed by atoms with E-state index in [2.05, 4.69) is 57.2 Å². The van der Waals surface area contributed by atoms with Crippen molar-refractivity contribution in [3.05, 3.63) is 36.5 Å². The molecule has 0 amide bonds. The Morgan fingerprint density at radius 2 is 0.514 bits per heavy atom. The van der Waals surface area contributed by atoms with Crippen molar-refractivity contribution in [1.82, 2.24) is 0 Å². The maximum Gasteiger partial charge on any atom is 0.306 e. The van der Waals surface area contributed by atoms with E-state index in [-0.39, 0.29) is 31.1 Å². The molecule has 6 heteroatoms. The molecule has 0 aromatic carbocycles. The van der Waals surface area contributed by atoms with E-state index in [0.29, 0.717) is 19.3 Å². The SMILES string of the molecule is CCCC/C=C\C/C=C\CCCCCCCC(=O)OC(COC(=O)CCCCCCC/C=C\CCCCC)COC(=O)CCCCCCCCCCCCCCCCCCCCCCCCCCCCCC. The van der Waals surface area contributed by atoms with E-state index in [1.54, 1.807) is 0 Å². The fourth-order valence-electron chi connectivity index (χ4n) is 9.52. The van der Waals surface area contributed by atoms with Crippen LogP contribution in [0.25, 0.3) is 0 Å². The molecule has 6 nitrogen and oxygen atoms in total. The highest BCUT2D eigenvalue weighted by atomic mass is 16.6. The molecule has 422 valence electrons. The maximum atomic E-state index is 12.8. The Labute approximate surface area is 448 Å². The van der Waals surface area contributed by atoms with Crippen LogP contribution in [0.15, 0.2) is 36.5 Å². The largest absolute Gasteiger partial charge is 0.462 e. The van der Waals surface area contributed by atoms with E-state index in [9.17, 15) is 14.4 Å². The van der Waals surface area contributed by atoms with E-state index in [1.807, 2.05) is 0 Å². The van der Waals surface area contributed by atoms with Gasteiger partial charge in [0.25, 0.3) is 0 Å². The number of ether oxygens (including phenoxy) is 3. The molecule has 0 radical (unpaired) electrons. The first-order valence-corrected chi connectivity index (χ1v) is 32.0. The van der Waals surface area contributed by atoms with Crippen molar-refractivity contribution in [2.24, 2.45) is 0 Å². The lowest BCUT2D eigenvalue weighted by Crippen LogP contribution is -2.30. The summed E-state index contributed by atoms with van der Waals surface area (Å²) >= 11 is 0. The third-order valence-corrected chi connectivity index (χ3v) is 14.4. The van der Waals surface area contributed by atoms with Crippen molar-refractivity contribution in [3.8, 4) is 0 Å². The summed E-state index contributed by atoms with van der Waals surface area (Å²) < 4.78 is 16.9. The fraction of sp³-hybridized carbons (Fsp3) is 0.864. The van der Waals surface area contributed by atoms with Gasteiger partial charge in [-0.2, -0.15) is 0 Å². The third kappa shape index (κ3) is 58.5. The summed E-state index contributed by atoms with van der Waals surface area (Å²) in [5, 5.41) is 0. The van der Waals surface area contributed by atoms with Crippen molar-refractivity contribution in [2.45, 2.75) is 354 Å². The molecule has 0 fully saturated rings. The van der Waals surface area contributed by atoms with Crippen molar-refractivity contribution in [2.75, 3.05) is 13.2 Å². The summed E-state index contributed by atoms with van der Waals surface area (Å²) in [4.78, 5) is 38.2. The number of carbonyl (C=O) groups excluding carboxylic acids is 3. The van der Waals surface area contributed by atoms with Crippen LogP contribution in [0.3, 0.4) is 0 Å². The molecule has 0 N–H and O–H groups in total. The van der Waals surface area contributed by atoms with Gasteiger partial charge in [0.05, 0.1) is 0 Å². The van der Waals surface area contributed by atoms with Crippen LogP contribution in [0.4, 0.5) is 0 Å². The monoisotopic (exact) mass is 1010 g/mol. The topological polar surface area (TPSA) is 78.9 Å². The van der Waals surface area contributed by atoms with Crippen LogP contribution in [-0.4, -0.2) is 37.2 Å². The van der Waals surface area contributed by atoms with Gasteiger partial charge >= 0.3 is 17.9 Å². The standard InChI is InChI=1S/C66H122O6/c1-4-7-10-13-16-19-22-25-27-28-29-30-31-32-33-34-35-36-37-38-39-40-42-44-47-50-53-56-59-65(68)71-62-63(61-70-64(67)58-55-52-49-46-43-24-21-18-15-12-9-6-3)72-66(69)60-57-54-51-48-45-41-26-23-20-17-14-11-8-5-2/h14,17-18,21,23,26,63H,4-13,15-16,19-20,22,24-25,27-62H2,1-3H3/b17-14-,21-18-,26-23-. The van der Waals surface area contributed by atoms with Gasteiger partial charge in [0.1, 0.15) is 13.2 Å². The number of hydrogen-bond acceptors (Lipinski definition) is 6. The van der Waals surface area contributed by atoms with Gasteiger partial charge in [-0.1, -0.05) is 295 Å². The van der Waals surface area contributed by atoms with Crippen LogP contribution in [0, 0.1) is 0 Å². The quantitative estimate of drug-likeness (QED) is 0.0261. The number of hydrogen-bond donors (Lipinski definition) is 0. The van der Waals surface area contributed by atoms with Crippen molar-refractivity contribution in [3.63, 3.8) is 0 Å². The van der Waals surface area contributed by atoms with Crippen LogP contribution in [0.1, 0.15) is 348 Å². The Morgan fingerprint density at radius 1 is 0.278 bits per heavy atom. The second kappa shape index (κ2) is 61.2. The smallest absolute Gasteiger partial charge is 0.306 e. The molecule has 72 heavy (non-hydrogen) atoms. The molecule has 0 aliphatic heterocycles. The molecule has 0 saturated carbocycles. The second-order valence-electron chi connectivity index (χ2n) is 21.7. The third-order valence-electron chi connectivity index (χ3n) is 14.4. The lowest BCUT2D eigenvalue weighted by molar-refractivity contribution is -0.167. The molecule has 0 rings (SSSR count). The highest BCUT2D eigenvalue weighted by molar-refractivity contribution is 5.71. The van der Waals surface area contributed by atoms with Crippen molar-refractivity contribution in [1.29, 1.82) is 0 Å². The van der Waals surface area contributed by atoms with E-state index >= 15 is 0 Å². The zero-order valence-corrected chi connectivity index (χ0v) is 48.5. The Bertz CT molecular complexity index is 1210. The fourth-order valence-corrected chi connectivity index (χ4v) is 9.52. The van der Waals surface area contributed by atoms with Gasteiger partial charge < -0.3 is 14.2 Å². The summed E-state index contributed by atoms with van der Waals surface area (Å²) in [6.45, 7) is 6.61. The van der Waals surface area contributed by atoms with Crippen molar-refractivity contribution >= 4 is 17.9 Å². The van der Waals surface area contributed by atoms with Crippen LogP contribution in [-0.2, 0) is 28.6 Å². The molecule has 0 bridgehead atoms. The van der Waals surface area contributed by atoms with E-state index in [4.69, 9.17) is 14.2 Å². The minimum Gasteiger partial charge on any atom is -0.462 e. The average molecular weight is 1010 g/mol. The predicted molar refractivity (Wildman–Crippen MR) is 312 cm³/mol. The molecule has 0 aliphatic rings. The molecule has 0 heterocycles. The minimum atomic E-state index is -0.780. The van der Waals surface area contributed by atoms with Crippen LogP contribution in [0.5, 0.6) is 0 Å². The highest BCUT2D eigenvalue weighted by Gasteiger charge is 2.19. The predicted octanol–water partition coefficient (Wildman–Crippen LogP) is 21.6. The number of allylic oxidation sites excluding steroid dienone is 6. The first-order valence-electron chi connectivity index (χ1n) is 32.0. The Morgan fingerprint density at radius 3 is 0.847 bits per heavy atom. The van der Waals surface area contributed by atoms with E-state index < -0.39 is 6.10 Å². The minimum absolute atomic E-state index is 0.0769. The average Bonchev–Trinajstić information content (AvgIpc) is 3.38. The summed E-state index contributed by atoms with van der Waals surface area (Å²) in [6.07, 6.45) is 74.6. The van der Waals surface area contributed by atoms with E-state index in [1.165, 1.54) is 218 Å². The number of rotatable bonds is 59. The zero-order chi connectivity index (χ0) is 52.2. The van der Waals surface area contributed by atoms with Gasteiger partial charge in [-0.3, -0.25) is 14.4 Å².